The number of fused-ring (bicyclic) bond motifs is 1. The number of aryl methyl sites for hydroxylation is 2. The summed E-state index contributed by atoms with van der Waals surface area (Å²) in [6.45, 7) is 0. The number of amides is 1. The zero-order chi connectivity index (χ0) is 17.3. The van der Waals surface area contributed by atoms with Gasteiger partial charge in [-0.2, -0.15) is 5.10 Å². The second-order valence-corrected chi connectivity index (χ2v) is 5.79. The molecule has 0 radical (unpaired) electrons. The molecule has 24 heavy (non-hydrogen) atoms. The van der Waals surface area contributed by atoms with Gasteiger partial charge in [-0.05, 0) is 42.0 Å². The van der Waals surface area contributed by atoms with Crippen LogP contribution in [-0.2, 0) is 14.1 Å². The number of carbonyl (C=O) groups is 1. The molecule has 3 aromatic rings. The summed E-state index contributed by atoms with van der Waals surface area (Å²) in [5.41, 5.74) is 5.26. The van der Waals surface area contributed by atoms with Crippen molar-refractivity contribution in [2.45, 2.75) is 0 Å². The molecule has 0 fully saturated rings. The van der Waals surface area contributed by atoms with Crippen LogP contribution in [0.2, 0.25) is 5.02 Å². The van der Waals surface area contributed by atoms with E-state index in [1.807, 2.05) is 18.2 Å². The van der Waals surface area contributed by atoms with E-state index in [1.54, 1.807) is 47.5 Å². The predicted octanol–water partition coefficient (Wildman–Crippen LogP) is 2.29. The molecule has 0 spiro atoms. The molecule has 1 heterocycles. The maximum absolute atomic E-state index is 11.9. The van der Waals surface area contributed by atoms with Crippen molar-refractivity contribution < 1.29 is 4.79 Å². The van der Waals surface area contributed by atoms with Gasteiger partial charge >= 0.3 is 5.69 Å². The van der Waals surface area contributed by atoms with E-state index in [9.17, 15) is 9.59 Å². The smallest absolute Gasteiger partial charge is 0.295 e. The second-order valence-electron chi connectivity index (χ2n) is 5.35. The molecule has 1 N–H and O–H groups in total. The molecule has 0 saturated carbocycles. The Morgan fingerprint density at radius 3 is 2.46 bits per heavy atom. The highest BCUT2D eigenvalue weighted by Gasteiger charge is 2.07. The van der Waals surface area contributed by atoms with Crippen LogP contribution < -0.4 is 11.1 Å². The molecule has 6 nitrogen and oxygen atoms in total. The molecule has 0 aliphatic carbocycles. The number of hydrogen-bond donors (Lipinski definition) is 1. The van der Waals surface area contributed by atoms with Crippen LogP contribution in [-0.4, -0.2) is 21.3 Å². The first-order valence-corrected chi connectivity index (χ1v) is 7.59. The van der Waals surface area contributed by atoms with Crippen LogP contribution in [0.3, 0.4) is 0 Å². The van der Waals surface area contributed by atoms with Gasteiger partial charge < -0.3 is 0 Å². The number of benzene rings is 2. The molecular weight excluding hydrogens is 328 g/mol. The fraction of sp³-hybridized carbons (Fsp3) is 0.118. The Labute approximate surface area is 143 Å². The normalized spacial score (nSPS) is 11.3. The van der Waals surface area contributed by atoms with Gasteiger partial charge in [-0.1, -0.05) is 17.7 Å². The fourth-order valence-electron chi connectivity index (χ4n) is 2.44. The zero-order valence-corrected chi connectivity index (χ0v) is 13.9. The third-order valence-electron chi connectivity index (χ3n) is 3.78. The minimum absolute atomic E-state index is 0.0878. The van der Waals surface area contributed by atoms with Crippen LogP contribution >= 0.6 is 11.6 Å². The maximum atomic E-state index is 11.9. The Balaban J connectivity index is 1.78. The van der Waals surface area contributed by atoms with Crippen molar-refractivity contribution >= 4 is 34.8 Å². The van der Waals surface area contributed by atoms with Gasteiger partial charge in [0.25, 0.3) is 5.91 Å². The van der Waals surface area contributed by atoms with Gasteiger partial charge in [-0.3, -0.25) is 13.9 Å². The van der Waals surface area contributed by atoms with Gasteiger partial charge in [0, 0.05) is 24.7 Å². The Bertz CT molecular complexity index is 1000. The summed E-state index contributed by atoms with van der Waals surface area (Å²) in [4.78, 5) is 23.9. The van der Waals surface area contributed by atoms with Crippen LogP contribution in [0.4, 0.5) is 0 Å². The highest BCUT2D eigenvalue weighted by Crippen LogP contribution is 2.13. The van der Waals surface area contributed by atoms with E-state index in [0.29, 0.717) is 10.6 Å². The van der Waals surface area contributed by atoms with Crippen LogP contribution in [0.25, 0.3) is 11.0 Å². The fourth-order valence-corrected chi connectivity index (χ4v) is 2.56. The van der Waals surface area contributed by atoms with Crippen molar-refractivity contribution in [2.75, 3.05) is 0 Å². The van der Waals surface area contributed by atoms with E-state index in [4.69, 9.17) is 11.6 Å². The van der Waals surface area contributed by atoms with Gasteiger partial charge in [0.05, 0.1) is 17.2 Å². The first-order chi connectivity index (χ1) is 11.5. The van der Waals surface area contributed by atoms with Gasteiger partial charge in [-0.25, -0.2) is 10.2 Å². The Hall–Kier alpha value is -2.86. The number of aromatic nitrogens is 2. The molecule has 0 aliphatic rings. The summed E-state index contributed by atoms with van der Waals surface area (Å²) in [6.07, 6.45) is 1.53. The quantitative estimate of drug-likeness (QED) is 0.586. The zero-order valence-electron chi connectivity index (χ0n) is 13.2. The number of nitrogens with zero attached hydrogens (tertiary/aromatic N) is 3. The van der Waals surface area contributed by atoms with E-state index in [2.05, 4.69) is 10.5 Å². The summed E-state index contributed by atoms with van der Waals surface area (Å²) in [6, 6.07) is 12.1. The lowest BCUT2D eigenvalue weighted by Gasteiger charge is -2.00. The van der Waals surface area contributed by atoms with Crippen LogP contribution in [0.1, 0.15) is 15.9 Å². The lowest BCUT2D eigenvalue weighted by molar-refractivity contribution is 0.0955. The highest BCUT2D eigenvalue weighted by molar-refractivity contribution is 6.30. The minimum Gasteiger partial charge on any atom is -0.295 e. The molecule has 3 rings (SSSR count). The first-order valence-electron chi connectivity index (χ1n) is 7.22. The summed E-state index contributed by atoms with van der Waals surface area (Å²) >= 11 is 5.79. The molecule has 1 aromatic heterocycles. The number of rotatable bonds is 3. The molecule has 7 heteroatoms. The number of carbonyl (C=O) groups excluding carboxylic acids is 1. The summed E-state index contributed by atoms with van der Waals surface area (Å²) < 4.78 is 3.15. The van der Waals surface area contributed by atoms with E-state index >= 15 is 0 Å². The summed E-state index contributed by atoms with van der Waals surface area (Å²) in [5.74, 6) is -0.323. The Morgan fingerprint density at radius 1 is 1.08 bits per heavy atom. The molecular formula is C17H15ClN4O2. The average Bonchev–Trinajstić information content (AvgIpc) is 2.80. The summed E-state index contributed by atoms with van der Waals surface area (Å²) in [7, 11) is 3.44. The van der Waals surface area contributed by atoms with Gasteiger partial charge in [0.2, 0.25) is 0 Å². The third kappa shape index (κ3) is 2.96. The molecule has 0 unspecified atom stereocenters. The number of hydrazone groups is 1. The van der Waals surface area contributed by atoms with E-state index in [0.717, 1.165) is 16.6 Å². The third-order valence-corrected chi connectivity index (χ3v) is 4.03. The molecule has 0 atom stereocenters. The molecule has 122 valence electrons. The van der Waals surface area contributed by atoms with Crippen LogP contribution in [0, 0.1) is 0 Å². The molecule has 2 aromatic carbocycles. The lowest BCUT2D eigenvalue weighted by Crippen LogP contribution is -2.19. The van der Waals surface area contributed by atoms with Crippen molar-refractivity contribution in [1.82, 2.24) is 14.6 Å². The average molecular weight is 343 g/mol. The van der Waals surface area contributed by atoms with Crippen molar-refractivity contribution in [1.29, 1.82) is 0 Å². The molecule has 1 amide bonds. The van der Waals surface area contributed by atoms with Gasteiger partial charge in [0.1, 0.15) is 0 Å². The number of hydrogen-bond acceptors (Lipinski definition) is 3. The molecule has 0 aliphatic heterocycles. The van der Waals surface area contributed by atoms with Crippen LogP contribution in [0.15, 0.2) is 52.4 Å². The second kappa shape index (κ2) is 6.33. The Kier molecular flexibility index (Phi) is 4.22. The van der Waals surface area contributed by atoms with E-state index < -0.39 is 0 Å². The van der Waals surface area contributed by atoms with Crippen molar-refractivity contribution in [3.05, 3.63) is 69.1 Å². The van der Waals surface area contributed by atoms with Crippen molar-refractivity contribution in [3.8, 4) is 0 Å². The van der Waals surface area contributed by atoms with Gasteiger partial charge in [0.15, 0.2) is 0 Å². The monoisotopic (exact) mass is 342 g/mol. The lowest BCUT2D eigenvalue weighted by atomic mass is 10.2. The van der Waals surface area contributed by atoms with Crippen molar-refractivity contribution in [2.24, 2.45) is 19.2 Å². The van der Waals surface area contributed by atoms with Crippen molar-refractivity contribution in [3.63, 3.8) is 0 Å². The maximum Gasteiger partial charge on any atom is 0.328 e. The highest BCUT2D eigenvalue weighted by atomic mass is 35.5. The standard InChI is InChI=1S/C17H15ClN4O2/c1-21-14-8-3-11(9-15(14)22(2)17(21)24)10-19-20-16(23)12-4-6-13(18)7-5-12/h3-10H,1-2H3,(H,20,23)/b19-10-. The number of nitrogens with one attached hydrogen (secondary N) is 1. The summed E-state index contributed by atoms with van der Waals surface area (Å²) in [5, 5.41) is 4.52. The molecule has 0 bridgehead atoms. The predicted molar refractivity (Wildman–Crippen MR) is 94.7 cm³/mol. The Morgan fingerprint density at radius 2 is 1.75 bits per heavy atom. The van der Waals surface area contributed by atoms with Gasteiger partial charge in [-0.15, -0.1) is 0 Å². The molecule has 0 saturated heterocycles. The first kappa shape index (κ1) is 16.0. The van der Waals surface area contributed by atoms with E-state index in [1.165, 1.54) is 6.21 Å². The SMILES string of the molecule is Cn1c(=O)n(C)c2cc(/C=N\NC(=O)c3ccc(Cl)cc3)ccc21. The van der Waals surface area contributed by atoms with E-state index in [-0.39, 0.29) is 11.6 Å². The minimum atomic E-state index is -0.323. The van der Waals surface area contributed by atoms with Crippen LogP contribution in [0.5, 0.6) is 0 Å². The number of halogens is 1. The number of imidazole rings is 1. The largest absolute Gasteiger partial charge is 0.328 e. The topological polar surface area (TPSA) is 68.4 Å².